The van der Waals surface area contributed by atoms with Gasteiger partial charge in [0.2, 0.25) is 10.0 Å². The highest BCUT2D eigenvalue weighted by Crippen LogP contribution is 2.30. The van der Waals surface area contributed by atoms with E-state index >= 15 is 0 Å². The fraction of sp³-hybridized carbons (Fsp3) is 0.462. The molecule has 1 rings (SSSR count). The van der Waals surface area contributed by atoms with Crippen molar-refractivity contribution < 1.29 is 13.2 Å². The minimum Gasteiger partial charge on any atom is -0.352 e. The Balaban J connectivity index is 3.05. The number of carbonyl (C=O) groups excluding carboxylic acids is 1. The number of nitrogens with one attached hydrogen (secondary N) is 1. The molecule has 0 aliphatic rings. The minimum atomic E-state index is -4.02. The molecule has 21 heavy (non-hydrogen) atoms. The van der Waals surface area contributed by atoms with Gasteiger partial charge < -0.3 is 5.32 Å². The van der Waals surface area contributed by atoms with Crippen molar-refractivity contribution >= 4 is 39.1 Å². The summed E-state index contributed by atoms with van der Waals surface area (Å²) in [4.78, 5) is 11.8. The van der Waals surface area contributed by atoms with Gasteiger partial charge in [-0.05, 0) is 24.0 Å². The fourth-order valence-electron chi connectivity index (χ4n) is 1.60. The highest BCUT2D eigenvalue weighted by atomic mass is 35.5. The van der Waals surface area contributed by atoms with Crippen molar-refractivity contribution in [1.29, 1.82) is 0 Å². The molecular formula is C13H18Cl2N2O3S. The number of nitrogens with two attached hydrogens (primary N) is 1. The molecule has 0 unspecified atom stereocenters. The second-order valence-corrected chi connectivity index (χ2v) is 8.16. The van der Waals surface area contributed by atoms with Crippen molar-refractivity contribution in [3.05, 3.63) is 27.7 Å². The monoisotopic (exact) mass is 352 g/mol. The molecule has 5 nitrogen and oxygen atoms in total. The Hall–Kier alpha value is -0.820. The van der Waals surface area contributed by atoms with Crippen LogP contribution < -0.4 is 10.5 Å². The summed E-state index contributed by atoms with van der Waals surface area (Å²) in [5.74, 6) is -0.528. The molecule has 0 saturated heterocycles. The van der Waals surface area contributed by atoms with Gasteiger partial charge in [-0.3, -0.25) is 4.79 Å². The van der Waals surface area contributed by atoms with Crippen molar-refractivity contribution in [3.8, 4) is 0 Å². The molecule has 118 valence electrons. The van der Waals surface area contributed by atoms with Gasteiger partial charge in [0.25, 0.3) is 5.91 Å². The van der Waals surface area contributed by atoms with Gasteiger partial charge >= 0.3 is 0 Å². The molecule has 0 bridgehead atoms. The highest BCUT2D eigenvalue weighted by molar-refractivity contribution is 7.89. The third-order valence-electron chi connectivity index (χ3n) is 2.75. The first kappa shape index (κ1) is 18.2. The maximum Gasteiger partial charge on any atom is 0.254 e. The molecule has 0 aliphatic heterocycles. The average Bonchev–Trinajstić information content (AvgIpc) is 2.25. The van der Waals surface area contributed by atoms with E-state index in [1.165, 1.54) is 12.1 Å². The van der Waals surface area contributed by atoms with Crippen LogP contribution >= 0.6 is 23.2 Å². The van der Waals surface area contributed by atoms with Crippen LogP contribution in [0.2, 0.25) is 10.0 Å². The normalized spacial score (nSPS) is 12.3. The number of hydrogen-bond donors (Lipinski definition) is 2. The van der Waals surface area contributed by atoms with Crippen molar-refractivity contribution in [3.63, 3.8) is 0 Å². The molecule has 0 aromatic heterocycles. The summed E-state index contributed by atoms with van der Waals surface area (Å²) in [7, 11) is -4.02. The number of amides is 1. The third-order valence-corrected chi connectivity index (χ3v) is 4.52. The molecule has 0 radical (unpaired) electrons. The van der Waals surface area contributed by atoms with Gasteiger partial charge in [-0.2, -0.15) is 0 Å². The number of hydrogen-bond acceptors (Lipinski definition) is 3. The van der Waals surface area contributed by atoms with Gasteiger partial charge in [-0.1, -0.05) is 44.0 Å². The minimum absolute atomic E-state index is 0.0588. The second kappa shape index (κ2) is 6.52. The maximum atomic E-state index is 12.1. The van der Waals surface area contributed by atoms with E-state index in [1.54, 1.807) is 0 Å². The molecule has 0 heterocycles. The molecule has 0 aliphatic carbocycles. The van der Waals surface area contributed by atoms with Crippen LogP contribution in [0.25, 0.3) is 0 Å². The molecule has 1 aromatic carbocycles. The lowest BCUT2D eigenvalue weighted by Crippen LogP contribution is -2.28. The predicted molar refractivity (Wildman–Crippen MR) is 84.2 cm³/mol. The van der Waals surface area contributed by atoms with E-state index in [0.717, 1.165) is 6.42 Å². The second-order valence-electron chi connectivity index (χ2n) is 5.85. The Labute approximate surface area is 134 Å². The van der Waals surface area contributed by atoms with E-state index in [2.05, 4.69) is 5.32 Å². The lowest BCUT2D eigenvalue weighted by Gasteiger charge is -2.18. The Morgan fingerprint density at radius 2 is 1.86 bits per heavy atom. The molecule has 3 N–H and O–H groups in total. The topological polar surface area (TPSA) is 89.3 Å². The van der Waals surface area contributed by atoms with Gasteiger partial charge in [0.15, 0.2) is 0 Å². The van der Waals surface area contributed by atoms with Crippen LogP contribution in [0.4, 0.5) is 0 Å². The number of primary sulfonamides is 1. The number of benzene rings is 1. The van der Waals surface area contributed by atoms with Crippen LogP contribution in [0.15, 0.2) is 17.0 Å². The number of rotatable bonds is 4. The first-order valence-electron chi connectivity index (χ1n) is 6.22. The van der Waals surface area contributed by atoms with Crippen LogP contribution in [0.5, 0.6) is 0 Å². The molecule has 0 spiro atoms. The smallest absolute Gasteiger partial charge is 0.254 e. The molecule has 0 atom stereocenters. The van der Waals surface area contributed by atoms with Crippen LogP contribution in [0.3, 0.4) is 0 Å². The van der Waals surface area contributed by atoms with E-state index in [0.29, 0.717) is 6.54 Å². The summed E-state index contributed by atoms with van der Waals surface area (Å²) < 4.78 is 22.8. The van der Waals surface area contributed by atoms with E-state index in [-0.39, 0.29) is 25.9 Å². The Morgan fingerprint density at radius 1 is 1.29 bits per heavy atom. The van der Waals surface area contributed by atoms with Crippen LogP contribution in [0.1, 0.15) is 37.6 Å². The lowest BCUT2D eigenvalue weighted by atomic mass is 9.92. The van der Waals surface area contributed by atoms with Crippen molar-refractivity contribution in [2.24, 2.45) is 10.6 Å². The summed E-state index contributed by atoms with van der Waals surface area (Å²) in [6, 6.07) is 2.46. The van der Waals surface area contributed by atoms with E-state index in [9.17, 15) is 13.2 Å². The molecule has 8 heteroatoms. The Kier molecular flexibility index (Phi) is 5.66. The molecule has 1 aromatic rings. The predicted octanol–water partition coefficient (Wildman–Crippen LogP) is 2.81. The van der Waals surface area contributed by atoms with Crippen molar-refractivity contribution in [2.75, 3.05) is 6.54 Å². The highest BCUT2D eigenvalue weighted by Gasteiger charge is 2.23. The maximum absolute atomic E-state index is 12.1. The summed E-state index contributed by atoms with van der Waals surface area (Å²) in [5.41, 5.74) is -0.0256. The number of halogens is 2. The quantitative estimate of drug-likeness (QED) is 0.872. The van der Waals surface area contributed by atoms with E-state index < -0.39 is 15.9 Å². The summed E-state index contributed by atoms with van der Waals surface area (Å²) in [5, 5.41) is 7.52. The first-order valence-corrected chi connectivity index (χ1v) is 8.53. The Morgan fingerprint density at radius 3 is 2.33 bits per heavy atom. The first-order chi connectivity index (χ1) is 9.43. The third kappa shape index (κ3) is 5.14. The zero-order valence-corrected chi connectivity index (χ0v) is 14.4. The van der Waals surface area contributed by atoms with Crippen LogP contribution in [0, 0.1) is 5.41 Å². The zero-order chi connectivity index (χ0) is 16.4. The average molecular weight is 353 g/mol. The molecular weight excluding hydrogens is 335 g/mol. The molecule has 0 fully saturated rings. The number of sulfonamides is 1. The largest absolute Gasteiger partial charge is 0.352 e. The standard InChI is InChI=1S/C13H18Cl2N2O3S/c1-13(2,3)6-7-17-12(18)10-8(14)4-5-9(11(10)15)21(16,19)20/h4-5H,6-7H2,1-3H3,(H,17,18)(H2,16,19,20). The SMILES string of the molecule is CC(C)(C)CCNC(=O)c1c(Cl)ccc(S(N)(=O)=O)c1Cl. The van der Waals surface area contributed by atoms with Crippen molar-refractivity contribution in [1.82, 2.24) is 5.32 Å². The zero-order valence-electron chi connectivity index (χ0n) is 12.0. The molecule has 0 saturated carbocycles. The fourth-order valence-corrected chi connectivity index (χ4v) is 3.08. The van der Waals surface area contributed by atoms with E-state index in [4.69, 9.17) is 28.3 Å². The van der Waals surface area contributed by atoms with Gasteiger partial charge in [-0.15, -0.1) is 0 Å². The lowest BCUT2D eigenvalue weighted by molar-refractivity contribution is 0.0949. The summed E-state index contributed by atoms with van der Waals surface area (Å²) >= 11 is 11.9. The van der Waals surface area contributed by atoms with Crippen LogP contribution in [-0.2, 0) is 10.0 Å². The van der Waals surface area contributed by atoms with Gasteiger partial charge in [0, 0.05) is 6.54 Å². The molecule has 1 amide bonds. The number of carbonyl (C=O) groups is 1. The van der Waals surface area contributed by atoms with Gasteiger partial charge in [0.1, 0.15) is 4.90 Å². The Bertz CT molecular complexity index is 652. The van der Waals surface area contributed by atoms with Gasteiger partial charge in [0.05, 0.1) is 15.6 Å². The van der Waals surface area contributed by atoms with Crippen molar-refractivity contribution in [2.45, 2.75) is 32.1 Å². The summed E-state index contributed by atoms with van der Waals surface area (Å²) in [6.07, 6.45) is 0.753. The van der Waals surface area contributed by atoms with Gasteiger partial charge in [-0.25, -0.2) is 13.6 Å². The van der Waals surface area contributed by atoms with E-state index in [1.807, 2.05) is 20.8 Å². The summed E-state index contributed by atoms with van der Waals surface area (Å²) in [6.45, 7) is 6.55. The van der Waals surface area contributed by atoms with Crippen LogP contribution in [-0.4, -0.2) is 20.9 Å².